The minimum absolute atomic E-state index is 0.139. The van der Waals surface area contributed by atoms with Crippen molar-refractivity contribution < 1.29 is 8.42 Å². The van der Waals surface area contributed by atoms with Crippen LogP contribution in [0, 0.1) is 5.92 Å². The van der Waals surface area contributed by atoms with Crippen LogP contribution in [-0.2, 0) is 10.0 Å². The lowest BCUT2D eigenvalue weighted by molar-refractivity contribution is 0.484. The number of nitrogens with one attached hydrogen (secondary N) is 1. The van der Waals surface area contributed by atoms with Crippen LogP contribution in [0.2, 0.25) is 5.02 Å². The van der Waals surface area contributed by atoms with Gasteiger partial charge >= 0.3 is 0 Å². The molecule has 1 aromatic heterocycles. The fourth-order valence-corrected chi connectivity index (χ4v) is 5.99. The summed E-state index contributed by atoms with van der Waals surface area (Å²) in [7, 11) is -3.49. The Morgan fingerprint density at radius 2 is 2.12 bits per heavy atom. The molecule has 0 saturated carbocycles. The van der Waals surface area contributed by atoms with E-state index in [0.29, 0.717) is 14.1 Å². The molecule has 98 valence electrons. The summed E-state index contributed by atoms with van der Waals surface area (Å²) in [5, 5.41) is 0.986. The predicted molar refractivity (Wildman–Crippen MR) is 79.8 cm³/mol. The van der Waals surface area contributed by atoms with E-state index in [2.05, 4.69) is 36.6 Å². The van der Waals surface area contributed by atoms with Crippen LogP contribution < -0.4 is 4.72 Å². The summed E-state index contributed by atoms with van der Waals surface area (Å²) in [6.45, 7) is 3.93. The van der Waals surface area contributed by atoms with E-state index in [9.17, 15) is 8.42 Å². The smallest absolute Gasteiger partial charge is 0.206 e. The first-order chi connectivity index (χ1) is 7.77. The van der Waals surface area contributed by atoms with Gasteiger partial charge < -0.3 is 0 Å². The van der Waals surface area contributed by atoms with E-state index >= 15 is 0 Å². The summed E-state index contributed by atoms with van der Waals surface area (Å²) < 4.78 is 27.6. The van der Waals surface area contributed by atoms with Crippen molar-refractivity contribution in [3.63, 3.8) is 0 Å². The Morgan fingerprint density at radius 3 is 2.47 bits per heavy atom. The monoisotopic (exact) mass is 423 g/mol. The van der Waals surface area contributed by atoms with Crippen LogP contribution in [0.25, 0.3) is 0 Å². The molecule has 0 bridgehead atoms. The number of thiophene rings is 1. The molecule has 0 radical (unpaired) electrons. The highest BCUT2D eigenvalue weighted by Crippen LogP contribution is 2.34. The quantitative estimate of drug-likeness (QED) is 0.728. The van der Waals surface area contributed by atoms with Gasteiger partial charge in [-0.1, -0.05) is 41.4 Å². The van der Waals surface area contributed by atoms with Crippen LogP contribution in [0.4, 0.5) is 0 Å². The second-order valence-corrected chi connectivity index (χ2v) is 9.18. The molecular formula is C9H12Br2ClNO2S2. The standard InChI is InChI=1S/C9H12Br2ClNO2S2/c1-5(2)7(4-10)13-17(14,15)8-3-6(12)9(11)16-8/h3,5,7,13H,4H2,1-2H3. The van der Waals surface area contributed by atoms with Crippen LogP contribution in [-0.4, -0.2) is 19.8 Å². The molecule has 0 aliphatic heterocycles. The minimum Gasteiger partial charge on any atom is -0.206 e. The van der Waals surface area contributed by atoms with Crippen molar-refractivity contribution in [2.24, 2.45) is 5.92 Å². The number of hydrogen-bond donors (Lipinski definition) is 1. The Hall–Kier alpha value is 0.860. The molecular weight excluding hydrogens is 413 g/mol. The van der Waals surface area contributed by atoms with Crippen LogP contribution in [0.5, 0.6) is 0 Å². The highest BCUT2D eigenvalue weighted by Gasteiger charge is 2.24. The summed E-state index contributed by atoms with van der Waals surface area (Å²) in [6.07, 6.45) is 0. The van der Waals surface area contributed by atoms with Gasteiger partial charge in [0.1, 0.15) is 4.21 Å². The third-order valence-corrected chi connectivity index (χ3v) is 7.30. The molecule has 0 aromatic carbocycles. The summed E-state index contributed by atoms with van der Waals surface area (Å²) in [5.41, 5.74) is 0. The van der Waals surface area contributed by atoms with Gasteiger partial charge in [-0.25, -0.2) is 13.1 Å². The summed E-state index contributed by atoms with van der Waals surface area (Å²) in [4.78, 5) is 0. The molecule has 0 amide bonds. The summed E-state index contributed by atoms with van der Waals surface area (Å²) in [6, 6.07) is 1.31. The van der Waals surface area contributed by atoms with Gasteiger partial charge in [-0.3, -0.25) is 0 Å². The van der Waals surface area contributed by atoms with Crippen molar-refractivity contribution in [1.29, 1.82) is 0 Å². The molecule has 1 atom stereocenters. The van der Waals surface area contributed by atoms with Gasteiger partial charge in [-0.05, 0) is 27.9 Å². The van der Waals surface area contributed by atoms with Crippen LogP contribution in [0.1, 0.15) is 13.8 Å². The largest absolute Gasteiger partial charge is 0.250 e. The predicted octanol–water partition coefficient (Wildman–Crippen LogP) is 3.86. The van der Waals surface area contributed by atoms with E-state index in [0.717, 1.165) is 11.3 Å². The molecule has 0 spiro atoms. The van der Waals surface area contributed by atoms with Gasteiger partial charge in [0, 0.05) is 11.4 Å². The highest BCUT2D eigenvalue weighted by molar-refractivity contribution is 9.11. The minimum atomic E-state index is -3.49. The van der Waals surface area contributed by atoms with E-state index in [1.165, 1.54) is 6.07 Å². The van der Waals surface area contributed by atoms with Crippen molar-refractivity contribution in [3.8, 4) is 0 Å². The number of sulfonamides is 1. The Balaban J connectivity index is 2.96. The molecule has 1 aromatic rings. The van der Waals surface area contributed by atoms with Crippen molar-refractivity contribution in [2.45, 2.75) is 24.1 Å². The van der Waals surface area contributed by atoms with Gasteiger partial charge in [0.2, 0.25) is 10.0 Å². The SMILES string of the molecule is CC(C)C(CBr)NS(=O)(=O)c1cc(Cl)c(Br)s1. The van der Waals surface area contributed by atoms with Gasteiger partial charge in [-0.15, -0.1) is 11.3 Å². The normalized spacial score (nSPS) is 14.2. The van der Waals surface area contributed by atoms with Crippen LogP contribution in [0.3, 0.4) is 0 Å². The van der Waals surface area contributed by atoms with Gasteiger partial charge in [0.05, 0.1) is 8.81 Å². The average Bonchev–Trinajstić information content (AvgIpc) is 2.56. The van der Waals surface area contributed by atoms with Crippen LogP contribution in [0.15, 0.2) is 14.1 Å². The molecule has 8 heteroatoms. The van der Waals surface area contributed by atoms with Crippen molar-refractivity contribution >= 4 is 64.8 Å². The second-order valence-electron chi connectivity index (χ2n) is 3.81. The maximum atomic E-state index is 12.1. The molecule has 1 unspecified atom stereocenters. The molecule has 1 heterocycles. The van der Waals surface area contributed by atoms with E-state index in [4.69, 9.17) is 11.6 Å². The number of halogens is 3. The maximum absolute atomic E-state index is 12.1. The lowest BCUT2D eigenvalue weighted by atomic mass is 10.1. The third kappa shape index (κ3) is 4.18. The average molecular weight is 426 g/mol. The van der Waals surface area contributed by atoms with Crippen molar-refractivity contribution in [2.75, 3.05) is 5.33 Å². The molecule has 3 nitrogen and oxygen atoms in total. The molecule has 1 N–H and O–H groups in total. The van der Waals surface area contributed by atoms with Crippen molar-refractivity contribution in [1.82, 2.24) is 4.72 Å². The van der Waals surface area contributed by atoms with E-state index in [1.54, 1.807) is 0 Å². The molecule has 0 aliphatic rings. The lowest BCUT2D eigenvalue weighted by Crippen LogP contribution is -2.39. The first-order valence-corrected chi connectivity index (χ1v) is 9.40. The Morgan fingerprint density at radius 1 is 1.53 bits per heavy atom. The highest BCUT2D eigenvalue weighted by atomic mass is 79.9. The zero-order valence-corrected chi connectivity index (χ0v) is 14.8. The topological polar surface area (TPSA) is 46.2 Å². The fourth-order valence-electron chi connectivity index (χ4n) is 1.06. The lowest BCUT2D eigenvalue weighted by Gasteiger charge is -2.19. The Kier molecular flexibility index (Phi) is 5.94. The molecule has 0 fully saturated rings. The molecule has 0 aliphatic carbocycles. The van der Waals surface area contributed by atoms with E-state index < -0.39 is 10.0 Å². The Bertz CT molecular complexity index is 468. The van der Waals surface area contributed by atoms with Gasteiger partial charge in [0.25, 0.3) is 0 Å². The first kappa shape index (κ1) is 15.9. The van der Waals surface area contributed by atoms with Gasteiger partial charge in [0.15, 0.2) is 0 Å². The van der Waals surface area contributed by atoms with Gasteiger partial charge in [-0.2, -0.15) is 0 Å². The Labute approximate surface area is 127 Å². The van der Waals surface area contributed by atoms with E-state index in [-0.39, 0.29) is 16.2 Å². The maximum Gasteiger partial charge on any atom is 0.250 e. The van der Waals surface area contributed by atoms with Crippen LogP contribution >= 0.6 is 54.8 Å². The number of hydrogen-bond acceptors (Lipinski definition) is 3. The van der Waals surface area contributed by atoms with E-state index in [1.807, 2.05) is 13.8 Å². The summed E-state index contributed by atoms with van der Waals surface area (Å²) in [5.74, 6) is 0.211. The number of alkyl halides is 1. The molecule has 17 heavy (non-hydrogen) atoms. The zero-order valence-electron chi connectivity index (χ0n) is 9.21. The summed E-state index contributed by atoms with van der Waals surface area (Å²) >= 11 is 13.4. The second kappa shape index (κ2) is 6.34. The molecule has 1 rings (SSSR count). The first-order valence-electron chi connectivity index (χ1n) is 4.81. The van der Waals surface area contributed by atoms with Crippen molar-refractivity contribution in [3.05, 3.63) is 14.9 Å². The third-order valence-electron chi connectivity index (χ3n) is 2.16. The zero-order chi connectivity index (χ0) is 13.2. The number of rotatable bonds is 5. The molecule has 0 saturated heterocycles. The fraction of sp³-hybridized carbons (Fsp3) is 0.556.